The lowest BCUT2D eigenvalue weighted by atomic mass is 9.99. The summed E-state index contributed by atoms with van der Waals surface area (Å²) in [7, 11) is 0. The van der Waals surface area contributed by atoms with Crippen LogP contribution in [0, 0.1) is 0 Å². The van der Waals surface area contributed by atoms with E-state index in [1.165, 1.54) is 5.56 Å². The maximum atomic E-state index is 10.6. The molecule has 1 atom stereocenters. The average molecular weight is 295 g/mol. The Hall–Kier alpha value is -2.35. The molecule has 1 aliphatic rings. The van der Waals surface area contributed by atoms with Crippen LogP contribution in [0.15, 0.2) is 54.6 Å². The predicted octanol–water partition coefficient (Wildman–Crippen LogP) is 5.73. The highest BCUT2D eigenvalue weighted by Gasteiger charge is 2.13. The van der Waals surface area contributed by atoms with Crippen molar-refractivity contribution in [2.45, 2.75) is 33.7 Å². The number of anilines is 1. The Bertz CT molecular complexity index is 599. The van der Waals surface area contributed by atoms with Gasteiger partial charge in [0, 0.05) is 11.3 Å². The minimum absolute atomic E-state index is 0.167. The Kier molecular flexibility index (Phi) is 7.69. The first-order valence-corrected chi connectivity index (χ1v) is 7.96. The van der Waals surface area contributed by atoms with E-state index < -0.39 is 0 Å². The maximum Gasteiger partial charge on any atom is 0.150 e. The third-order valence-electron chi connectivity index (χ3n) is 3.17. The fourth-order valence-electron chi connectivity index (χ4n) is 2.17. The molecule has 0 radical (unpaired) electrons. The maximum absolute atomic E-state index is 10.6. The summed E-state index contributed by atoms with van der Waals surface area (Å²) in [5.74, 6) is 0. The van der Waals surface area contributed by atoms with Crippen molar-refractivity contribution in [1.82, 2.24) is 0 Å². The minimum atomic E-state index is 0.167. The fraction of sp³-hybridized carbons (Fsp3) is 0.250. The standard InChI is InChI=1S/C16H13NO.2C2H6/c18-11-12-5-7-14(8-6-12)16-10-9-13-3-1-2-4-15(13)17-16;2*1-2/h1-11,16-17H;2*1-2H3. The van der Waals surface area contributed by atoms with Gasteiger partial charge in [0.15, 0.2) is 0 Å². The van der Waals surface area contributed by atoms with Gasteiger partial charge in [-0.15, -0.1) is 0 Å². The molecular formula is C20H25NO. The molecule has 0 saturated heterocycles. The molecule has 2 aromatic rings. The summed E-state index contributed by atoms with van der Waals surface area (Å²) >= 11 is 0. The van der Waals surface area contributed by atoms with Gasteiger partial charge in [-0.3, -0.25) is 4.79 Å². The molecule has 3 rings (SSSR count). The largest absolute Gasteiger partial charge is 0.374 e. The lowest BCUT2D eigenvalue weighted by Gasteiger charge is -2.22. The molecule has 1 unspecified atom stereocenters. The van der Waals surface area contributed by atoms with Crippen molar-refractivity contribution in [2.75, 3.05) is 5.32 Å². The first-order chi connectivity index (χ1) is 10.9. The molecule has 2 aromatic carbocycles. The second kappa shape index (κ2) is 9.56. The van der Waals surface area contributed by atoms with Gasteiger partial charge in [-0.05, 0) is 17.2 Å². The van der Waals surface area contributed by atoms with Crippen LogP contribution < -0.4 is 5.32 Å². The topological polar surface area (TPSA) is 29.1 Å². The molecule has 0 bridgehead atoms. The van der Waals surface area contributed by atoms with Crippen LogP contribution in [0.2, 0.25) is 0 Å². The fourth-order valence-corrected chi connectivity index (χ4v) is 2.17. The van der Waals surface area contributed by atoms with E-state index in [4.69, 9.17) is 0 Å². The van der Waals surface area contributed by atoms with E-state index in [1.54, 1.807) is 0 Å². The number of hydrogen-bond donors (Lipinski definition) is 1. The molecule has 0 aliphatic carbocycles. The smallest absolute Gasteiger partial charge is 0.150 e. The summed E-state index contributed by atoms with van der Waals surface area (Å²) in [6.45, 7) is 8.00. The van der Waals surface area contributed by atoms with Crippen molar-refractivity contribution in [3.8, 4) is 0 Å². The first kappa shape index (κ1) is 17.7. The Morgan fingerprint density at radius 2 is 1.55 bits per heavy atom. The third kappa shape index (κ3) is 4.32. The van der Waals surface area contributed by atoms with E-state index in [2.05, 4.69) is 29.6 Å². The van der Waals surface area contributed by atoms with Gasteiger partial charge in [-0.2, -0.15) is 0 Å². The Labute approximate surface area is 133 Å². The van der Waals surface area contributed by atoms with E-state index in [9.17, 15) is 4.79 Å². The van der Waals surface area contributed by atoms with Gasteiger partial charge in [-0.25, -0.2) is 0 Å². The highest BCUT2D eigenvalue weighted by atomic mass is 16.1. The average Bonchev–Trinajstić information content (AvgIpc) is 2.65. The van der Waals surface area contributed by atoms with Gasteiger partial charge in [0.1, 0.15) is 6.29 Å². The first-order valence-electron chi connectivity index (χ1n) is 7.96. The number of para-hydroxylation sites is 1. The molecule has 0 aromatic heterocycles. The predicted molar refractivity (Wildman–Crippen MR) is 96.4 cm³/mol. The van der Waals surface area contributed by atoms with E-state index in [0.29, 0.717) is 5.56 Å². The number of fused-ring (bicyclic) bond motifs is 1. The van der Waals surface area contributed by atoms with E-state index in [0.717, 1.165) is 17.5 Å². The highest BCUT2D eigenvalue weighted by molar-refractivity contribution is 5.75. The van der Waals surface area contributed by atoms with Gasteiger partial charge in [0.2, 0.25) is 0 Å². The zero-order valence-electron chi connectivity index (χ0n) is 13.8. The van der Waals surface area contributed by atoms with Crippen LogP contribution >= 0.6 is 0 Å². The van der Waals surface area contributed by atoms with Crippen molar-refractivity contribution < 1.29 is 4.79 Å². The molecule has 0 amide bonds. The Morgan fingerprint density at radius 1 is 0.909 bits per heavy atom. The van der Waals surface area contributed by atoms with Crippen LogP contribution in [0.1, 0.15) is 55.2 Å². The number of carbonyl (C=O) groups is 1. The molecule has 2 heteroatoms. The second-order valence-electron chi connectivity index (χ2n) is 4.35. The molecule has 22 heavy (non-hydrogen) atoms. The third-order valence-corrected chi connectivity index (χ3v) is 3.17. The number of aldehydes is 1. The van der Waals surface area contributed by atoms with Gasteiger partial charge in [0.05, 0.1) is 6.04 Å². The zero-order valence-corrected chi connectivity index (χ0v) is 13.8. The summed E-state index contributed by atoms with van der Waals surface area (Å²) in [5.41, 5.74) is 4.22. The van der Waals surface area contributed by atoms with Crippen molar-refractivity contribution in [2.24, 2.45) is 0 Å². The number of carbonyl (C=O) groups excluding carboxylic acids is 1. The Morgan fingerprint density at radius 3 is 2.18 bits per heavy atom. The number of rotatable bonds is 2. The van der Waals surface area contributed by atoms with Crippen molar-refractivity contribution in [3.05, 3.63) is 71.3 Å². The molecule has 1 aliphatic heterocycles. The summed E-state index contributed by atoms with van der Waals surface area (Å²) < 4.78 is 0. The SMILES string of the molecule is CC.CC.O=Cc1ccc(C2C=Cc3ccccc3N2)cc1. The molecule has 0 saturated carbocycles. The summed E-state index contributed by atoms with van der Waals surface area (Å²) in [4.78, 5) is 10.6. The molecule has 1 N–H and O–H groups in total. The van der Waals surface area contributed by atoms with Crippen molar-refractivity contribution in [1.29, 1.82) is 0 Å². The quantitative estimate of drug-likeness (QED) is 0.717. The van der Waals surface area contributed by atoms with Gasteiger partial charge in [0.25, 0.3) is 0 Å². The van der Waals surface area contributed by atoms with Gasteiger partial charge >= 0.3 is 0 Å². The molecule has 0 fully saturated rings. The number of nitrogens with one attached hydrogen (secondary N) is 1. The minimum Gasteiger partial charge on any atom is -0.374 e. The molecule has 116 valence electrons. The summed E-state index contributed by atoms with van der Waals surface area (Å²) in [6, 6.07) is 16.1. The lowest BCUT2D eigenvalue weighted by molar-refractivity contribution is 0.112. The normalized spacial score (nSPS) is 14.3. The van der Waals surface area contributed by atoms with Crippen LogP contribution in [-0.2, 0) is 0 Å². The second-order valence-corrected chi connectivity index (χ2v) is 4.35. The van der Waals surface area contributed by atoms with E-state index in [1.807, 2.05) is 64.1 Å². The molecule has 2 nitrogen and oxygen atoms in total. The van der Waals surface area contributed by atoms with Crippen LogP contribution in [0.5, 0.6) is 0 Å². The molecular weight excluding hydrogens is 270 g/mol. The highest BCUT2D eigenvalue weighted by Crippen LogP contribution is 2.29. The number of benzene rings is 2. The van der Waals surface area contributed by atoms with Gasteiger partial charge < -0.3 is 5.32 Å². The zero-order chi connectivity index (χ0) is 16.4. The molecule has 1 heterocycles. The van der Waals surface area contributed by atoms with Gasteiger partial charge in [-0.1, -0.05) is 82.3 Å². The molecule has 0 spiro atoms. The Balaban J connectivity index is 0.000000561. The van der Waals surface area contributed by atoms with Crippen molar-refractivity contribution >= 4 is 18.0 Å². The van der Waals surface area contributed by atoms with E-state index >= 15 is 0 Å². The number of hydrogen-bond acceptors (Lipinski definition) is 2. The van der Waals surface area contributed by atoms with Crippen LogP contribution in [0.3, 0.4) is 0 Å². The van der Waals surface area contributed by atoms with Crippen LogP contribution in [-0.4, -0.2) is 6.29 Å². The lowest BCUT2D eigenvalue weighted by Crippen LogP contribution is -2.11. The summed E-state index contributed by atoms with van der Waals surface area (Å²) in [6.07, 6.45) is 5.13. The monoisotopic (exact) mass is 295 g/mol. The van der Waals surface area contributed by atoms with E-state index in [-0.39, 0.29) is 6.04 Å². The van der Waals surface area contributed by atoms with Crippen LogP contribution in [0.25, 0.3) is 6.08 Å². The van der Waals surface area contributed by atoms with Crippen LogP contribution in [0.4, 0.5) is 5.69 Å². The summed E-state index contributed by atoms with van der Waals surface area (Å²) in [5, 5.41) is 3.48. The van der Waals surface area contributed by atoms with Crippen molar-refractivity contribution in [3.63, 3.8) is 0 Å².